The van der Waals surface area contributed by atoms with Gasteiger partial charge in [-0.2, -0.15) is 5.10 Å². The molecule has 2 aromatic rings. The van der Waals surface area contributed by atoms with Crippen molar-refractivity contribution in [3.8, 4) is 5.69 Å². The maximum absolute atomic E-state index is 11.2. The maximum Gasteiger partial charge on any atom is 0.349 e. The van der Waals surface area contributed by atoms with E-state index in [4.69, 9.17) is 5.11 Å². The van der Waals surface area contributed by atoms with Crippen LogP contribution >= 0.6 is 0 Å². The maximum atomic E-state index is 11.2. The molecule has 0 aliphatic heterocycles. The van der Waals surface area contributed by atoms with Crippen molar-refractivity contribution in [3.05, 3.63) is 33.4 Å². The molecule has 0 fully saturated rings. The number of nitrogens with one attached hydrogen (secondary N) is 2. The highest BCUT2D eigenvalue weighted by Crippen LogP contribution is 1.99. The smallest absolute Gasteiger partial charge is 0.349 e. The number of H-pyrrole nitrogens is 2. The second kappa shape index (κ2) is 3.53. The predicted molar refractivity (Wildman–Crippen MR) is 50.4 cm³/mol. The molecule has 2 heterocycles. The summed E-state index contributed by atoms with van der Waals surface area (Å²) < 4.78 is 1.92. The summed E-state index contributed by atoms with van der Waals surface area (Å²) in [7, 11) is 0. The van der Waals surface area contributed by atoms with Gasteiger partial charge in [0.2, 0.25) is 0 Å². The van der Waals surface area contributed by atoms with Crippen LogP contribution in [0, 0.1) is 0 Å². The number of aromatic amines is 2. The van der Waals surface area contributed by atoms with Gasteiger partial charge in [0.15, 0.2) is 0 Å². The SMILES string of the molecule is O=C(O)Cn1cc(-n2c(=O)[nH][nH]c2=O)cn1. The quantitative estimate of drug-likeness (QED) is 0.564. The molecule has 9 nitrogen and oxygen atoms in total. The average Bonchev–Trinajstić information content (AvgIpc) is 2.73. The van der Waals surface area contributed by atoms with E-state index in [1.54, 1.807) is 0 Å². The third-order valence-electron chi connectivity index (χ3n) is 1.86. The highest BCUT2D eigenvalue weighted by atomic mass is 16.4. The topological polar surface area (TPSA) is 126 Å². The Morgan fingerprint density at radius 3 is 2.56 bits per heavy atom. The molecule has 0 bridgehead atoms. The lowest BCUT2D eigenvalue weighted by Gasteiger charge is -1.93. The Balaban J connectivity index is 2.43. The van der Waals surface area contributed by atoms with Gasteiger partial charge in [-0.1, -0.05) is 0 Å². The van der Waals surface area contributed by atoms with Crippen LogP contribution in [0.1, 0.15) is 0 Å². The monoisotopic (exact) mass is 225 g/mol. The minimum absolute atomic E-state index is 0.203. The third-order valence-corrected chi connectivity index (χ3v) is 1.86. The van der Waals surface area contributed by atoms with Crippen LogP contribution in [0.3, 0.4) is 0 Å². The van der Waals surface area contributed by atoms with E-state index < -0.39 is 17.3 Å². The molecule has 0 saturated heterocycles. The zero-order valence-electron chi connectivity index (χ0n) is 7.88. The molecule has 0 aliphatic carbocycles. The molecule has 0 aromatic carbocycles. The summed E-state index contributed by atoms with van der Waals surface area (Å²) in [5, 5.41) is 16.4. The Morgan fingerprint density at radius 2 is 2.00 bits per heavy atom. The summed E-state index contributed by atoms with van der Waals surface area (Å²) in [6.07, 6.45) is 2.52. The molecule has 0 saturated carbocycles. The van der Waals surface area contributed by atoms with E-state index >= 15 is 0 Å². The Hall–Kier alpha value is -2.58. The molecule has 0 radical (unpaired) electrons. The number of carboxylic acid groups (broad SMARTS) is 1. The van der Waals surface area contributed by atoms with E-state index in [0.29, 0.717) is 0 Å². The average molecular weight is 225 g/mol. The highest BCUT2D eigenvalue weighted by molar-refractivity contribution is 5.66. The normalized spacial score (nSPS) is 10.5. The van der Waals surface area contributed by atoms with Gasteiger partial charge >= 0.3 is 17.3 Å². The number of nitrogens with zero attached hydrogens (tertiary/aromatic N) is 3. The minimum Gasteiger partial charge on any atom is -0.480 e. The first kappa shape index (κ1) is 9.96. The van der Waals surface area contributed by atoms with Gasteiger partial charge in [-0.05, 0) is 0 Å². The first-order valence-electron chi connectivity index (χ1n) is 4.22. The van der Waals surface area contributed by atoms with Crippen LogP contribution in [0.25, 0.3) is 5.69 Å². The molecule has 0 spiro atoms. The van der Waals surface area contributed by atoms with E-state index in [1.807, 2.05) is 0 Å². The van der Waals surface area contributed by atoms with Gasteiger partial charge in [0.1, 0.15) is 6.54 Å². The molecule has 3 N–H and O–H groups in total. The first-order chi connectivity index (χ1) is 7.58. The summed E-state index contributed by atoms with van der Waals surface area (Å²) in [6, 6.07) is 0. The summed E-state index contributed by atoms with van der Waals surface area (Å²) in [6.45, 7) is -0.336. The number of carboxylic acids is 1. The lowest BCUT2D eigenvalue weighted by atomic mass is 10.5. The molecular weight excluding hydrogens is 218 g/mol. The number of rotatable bonds is 3. The van der Waals surface area contributed by atoms with E-state index in [1.165, 1.54) is 12.4 Å². The van der Waals surface area contributed by atoms with Crippen molar-refractivity contribution >= 4 is 5.97 Å². The Bertz CT molecular complexity index is 602. The van der Waals surface area contributed by atoms with Gasteiger partial charge in [0, 0.05) is 6.20 Å². The number of aromatic nitrogens is 5. The molecular formula is C7H7N5O4. The molecule has 0 unspecified atom stereocenters. The first-order valence-corrected chi connectivity index (χ1v) is 4.22. The fourth-order valence-corrected chi connectivity index (χ4v) is 1.24. The Morgan fingerprint density at radius 1 is 1.38 bits per heavy atom. The van der Waals surface area contributed by atoms with Crippen LogP contribution in [0.4, 0.5) is 0 Å². The molecule has 0 aliphatic rings. The van der Waals surface area contributed by atoms with Gasteiger partial charge in [0.05, 0.1) is 11.9 Å². The van der Waals surface area contributed by atoms with Crippen molar-refractivity contribution in [2.24, 2.45) is 0 Å². The van der Waals surface area contributed by atoms with Gasteiger partial charge in [-0.15, -0.1) is 0 Å². The lowest BCUT2D eigenvalue weighted by Crippen LogP contribution is -2.24. The third kappa shape index (κ3) is 1.65. The van der Waals surface area contributed by atoms with Crippen molar-refractivity contribution in [2.75, 3.05) is 0 Å². The Kier molecular flexibility index (Phi) is 2.20. The van der Waals surface area contributed by atoms with Crippen molar-refractivity contribution in [1.82, 2.24) is 24.5 Å². The lowest BCUT2D eigenvalue weighted by molar-refractivity contribution is -0.137. The number of hydrogen-bond acceptors (Lipinski definition) is 4. The van der Waals surface area contributed by atoms with Gasteiger partial charge in [0.25, 0.3) is 0 Å². The zero-order valence-corrected chi connectivity index (χ0v) is 7.88. The zero-order chi connectivity index (χ0) is 11.7. The van der Waals surface area contributed by atoms with Gasteiger partial charge in [-0.3, -0.25) is 9.48 Å². The second-order valence-corrected chi connectivity index (χ2v) is 2.99. The van der Waals surface area contributed by atoms with Crippen molar-refractivity contribution < 1.29 is 9.90 Å². The van der Waals surface area contributed by atoms with Crippen LogP contribution in [0.15, 0.2) is 22.0 Å². The van der Waals surface area contributed by atoms with E-state index in [0.717, 1.165) is 9.25 Å². The largest absolute Gasteiger partial charge is 0.480 e. The van der Waals surface area contributed by atoms with Crippen molar-refractivity contribution in [2.45, 2.75) is 6.54 Å². The molecule has 16 heavy (non-hydrogen) atoms. The summed E-state index contributed by atoms with van der Waals surface area (Å²) in [5.74, 6) is -1.06. The van der Waals surface area contributed by atoms with Crippen LogP contribution in [0.2, 0.25) is 0 Å². The fraction of sp³-hybridized carbons (Fsp3) is 0.143. The highest BCUT2D eigenvalue weighted by Gasteiger charge is 2.09. The minimum atomic E-state index is -1.06. The molecule has 2 aromatic heterocycles. The van der Waals surface area contributed by atoms with E-state index in [-0.39, 0.29) is 12.2 Å². The second-order valence-electron chi connectivity index (χ2n) is 2.99. The number of carbonyl (C=O) groups is 1. The molecule has 84 valence electrons. The van der Waals surface area contributed by atoms with Crippen molar-refractivity contribution in [3.63, 3.8) is 0 Å². The molecule has 0 amide bonds. The van der Waals surface area contributed by atoms with E-state index in [9.17, 15) is 14.4 Å². The van der Waals surface area contributed by atoms with Crippen LogP contribution in [-0.4, -0.2) is 35.6 Å². The van der Waals surface area contributed by atoms with Crippen LogP contribution in [-0.2, 0) is 11.3 Å². The fourth-order valence-electron chi connectivity index (χ4n) is 1.24. The number of hydrogen-bond donors (Lipinski definition) is 3. The van der Waals surface area contributed by atoms with E-state index in [2.05, 4.69) is 15.3 Å². The van der Waals surface area contributed by atoms with Gasteiger partial charge in [-0.25, -0.2) is 24.4 Å². The predicted octanol–water partition coefficient (Wildman–Crippen LogP) is -1.86. The summed E-state index contributed by atoms with van der Waals surface area (Å²) in [4.78, 5) is 32.8. The van der Waals surface area contributed by atoms with Crippen LogP contribution in [0.5, 0.6) is 0 Å². The molecule has 2 rings (SSSR count). The summed E-state index contributed by atoms with van der Waals surface area (Å²) in [5.41, 5.74) is -1.08. The number of aliphatic carboxylic acids is 1. The summed E-state index contributed by atoms with van der Waals surface area (Å²) >= 11 is 0. The van der Waals surface area contributed by atoms with Crippen molar-refractivity contribution in [1.29, 1.82) is 0 Å². The molecule has 9 heteroatoms. The van der Waals surface area contributed by atoms with Crippen LogP contribution < -0.4 is 11.4 Å². The molecule has 0 atom stereocenters. The standard InChI is InChI=1S/C7H7N5O4/c13-5(14)3-11-2-4(1-8-11)12-6(15)9-10-7(12)16/h1-2H,3H2,(H,9,15)(H,10,16)(H,13,14). The Labute approximate surface area is 86.9 Å². The van der Waals surface area contributed by atoms with Gasteiger partial charge < -0.3 is 5.11 Å².